The molecule has 0 spiro atoms. The van der Waals surface area contributed by atoms with Crippen LogP contribution in [0, 0.1) is 71.6 Å². The van der Waals surface area contributed by atoms with E-state index in [2.05, 4.69) is 0 Å². The standard InChI is InChI=1S/3HNO3.Pr/c3*2-1(3)4;/h3*(H,2,3,4);. The third kappa shape index (κ3) is 820. The normalized spacial score (nSPS) is 5.54. The molecule has 0 bridgehead atoms. The zero-order valence-electron chi connectivity index (χ0n) is 5.71. The minimum atomic E-state index is -1.50. The summed E-state index contributed by atoms with van der Waals surface area (Å²) in [5.41, 5.74) is 0. The Morgan fingerprint density at radius 2 is 0.692 bits per heavy atom. The van der Waals surface area contributed by atoms with Crippen molar-refractivity contribution in [3.8, 4) is 0 Å². The summed E-state index contributed by atoms with van der Waals surface area (Å²) in [6.45, 7) is 0. The Hall–Kier alpha value is -1.04. The molecule has 13 heteroatoms. The van der Waals surface area contributed by atoms with Gasteiger partial charge >= 0.3 is 0 Å². The molecule has 3 N–H and O–H groups in total. The van der Waals surface area contributed by atoms with E-state index in [4.69, 9.17) is 46.0 Å². The number of nitrogens with zero attached hydrogens (tertiary/aromatic N) is 3. The third-order valence-electron chi connectivity index (χ3n) is 0. The predicted octanol–water partition coefficient (Wildman–Crippen LogP) is -1.04. The summed E-state index contributed by atoms with van der Waals surface area (Å²) in [5, 5.41) is 40.9. The van der Waals surface area contributed by atoms with Gasteiger partial charge in [0, 0.05) is 41.3 Å². The van der Waals surface area contributed by atoms with Crippen LogP contribution in [0.5, 0.6) is 0 Å². The topological polar surface area (TPSA) is 190 Å². The summed E-state index contributed by atoms with van der Waals surface area (Å²) in [7, 11) is 0. The van der Waals surface area contributed by atoms with Crippen LogP contribution >= 0.6 is 0 Å². The summed E-state index contributed by atoms with van der Waals surface area (Å²) in [6.07, 6.45) is 0. The molecule has 0 saturated carbocycles. The van der Waals surface area contributed by atoms with E-state index in [0.29, 0.717) is 0 Å². The Morgan fingerprint density at radius 3 is 0.692 bits per heavy atom. The van der Waals surface area contributed by atoms with E-state index in [1.165, 1.54) is 0 Å². The third-order valence-corrected chi connectivity index (χ3v) is 0. The molecule has 0 unspecified atom stereocenters. The average Bonchev–Trinajstić information content (AvgIpc) is 1.54. The van der Waals surface area contributed by atoms with Gasteiger partial charge in [-0.3, -0.25) is 0 Å². The first-order chi connectivity index (χ1) is 5.20. The molecule has 0 saturated heterocycles. The summed E-state index contributed by atoms with van der Waals surface area (Å²) < 4.78 is 0. The Kier molecular flexibility index (Phi) is 29.9. The van der Waals surface area contributed by atoms with Gasteiger partial charge in [0.25, 0.3) is 15.3 Å². The van der Waals surface area contributed by atoms with Crippen molar-refractivity contribution >= 4 is 0 Å². The van der Waals surface area contributed by atoms with Crippen molar-refractivity contribution in [2.24, 2.45) is 0 Å². The maximum absolute atomic E-state index is 8.36. The average molecular weight is 330 g/mol. The molecule has 0 amide bonds. The molecule has 0 aromatic carbocycles. The van der Waals surface area contributed by atoms with E-state index in [-0.39, 0.29) is 41.3 Å². The summed E-state index contributed by atoms with van der Waals surface area (Å²) in [6, 6.07) is 0. The van der Waals surface area contributed by atoms with Crippen molar-refractivity contribution in [1.82, 2.24) is 0 Å². The number of hydrogen-bond donors (Lipinski definition) is 3. The van der Waals surface area contributed by atoms with Gasteiger partial charge in [-0.2, -0.15) is 0 Å². The van der Waals surface area contributed by atoms with Crippen LogP contribution in [-0.4, -0.2) is 30.9 Å². The first-order valence-electron chi connectivity index (χ1n) is 1.70. The molecule has 0 rings (SSSR count). The van der Waals surface area contributed by atoms with Gasteiger partial charge in [0.2, 0.25) is 0 Å². The monoisotopic (exact) mass is 330 g/mol. The van der Waals surface area contributed by atoms with Crippen molar-refractivity contribution in [1.29, 1.82) is 0 Å². The van der Waals surface area contributed by atoms with E-state index < -0.39 is 15.3 Å². The van der Waals surface area contributed by atoms with Gasteiger partial charge in [0.1, 0.15) is 0 Å². The van der Waals surface area contributed by atoms with E-state index >= 15 is 0 Å². The van der Waals surface area contributed by atoms with Crippen molar-refractivity contribution in [2.45, 2.75) is 0 Å². The molecule has 0 aliphatic heterocycles. The smallest absolute Gasteiger partial charge is 0.291 e. The number of rotatable bonds is 0. The second kappa shape index (κ2) is 17.2. The first kappa shape index (κ1) is 22.7. The van der Waals surface area contributed by atoms with E-state index in [0.717, 1.165) is 0 Å². The molecule has 0 fully saturated rings. The fraction of sp³-hybridized carbons (Fsp3) is 0. The van der Waals surface area contributed by atoms with Crippen LogP contribution in [0.3, 0.4) is 0 Å². The van der Waals surface area contributed by atoms with Crippen molar-refractivity contribution in [3.63, 3.8) is 0 Å². The Morgan fingerprint density at radius 1 is 0.692 bits per heavy atom. The second-order valence-electron chi connectivity index (χ2n) is 0.714. The van der Waals surface area contributed by atoms with Gasteiger partial charge in [0.15, 0.2) is 0 Å². The van der Waals surface area contributed by atoms with Crippen LogP contribution in [0.2, 0.25) is 0 Å². The van der Waals surface area contributed by atoms with Gasteiger partial charge in [-0.05, 0) is 0 Å². The largest absolute Gasteiger partial charge is 0.328 e. The molecule has 12 nitrogen and oxygen atoms in total. The minimum Gasteiger partial charge on any atom is -0.328 e. The predicted molar refractivity (Wildman–Crippen MR) is 26.3 cm³/mol. The van der Waals surface area contributed by atoms with Crippen LogP contribution in [0.15, 0.2) is 0 Å². The SMILES string of the molecule is O=[N+]([O-])O.O=[N+]([O-])O.O=[N+]([O-])O.[Pr]. The molecule has 0 aromatic rings. The second-order valence-corrected chi connectivity index (χ2v) is 0.714. The van der Waals surface area contributed by atoms with E-state index in [9.17, 15) is 0 Å². The summed E-state index contributed by atoms with van der Waals surface area (Å²) >= 11 is 0. The Balaban J connectivity index is -0.0000000450. The van der Waals surface area contributed by atoms with Crippen molar-refractivity contribution in [3.05, 3.63) is 30.3 Å². The van der Waals surface area contributed by atoms with Crippen LogP contribution in [-0.2, 0) is 0 Å². The summed E-state index contributed by atoms with van der Waals surface area (Å²) in [4.78, 5) is 25.1. The van der Waals surface area contributed by atoms with Gasteiger partial charge < -0.3 is 15.6 Å². The van der Waals surface area contributed by atoms with E-state index in [1.54, 1.807) is 0 Å². The number of hydrogen-bond acceptors (Lipinski definition) is 6. The van der Waals surface area contributed by atoms with Crippen LogP contribution in [0.4, 0.5) is 0 Å². The van der Waals surface area contributed by atoms with E-state index in [1.807, 2.05) is 0 Å². The fourth-order valence-corrected chi connectivity index (χ4v) is 0. The zero-order chi connectivity index (χ0) is 10.7. The quantitative estimate of drug-likeness (QED) is 0.367. The molecule has 1 radical (unpaired) electrons. The molecule has 75 valence electrons. The molecule has 0 aliphatic carbocycles. The van der Waals surface area contributed by atoms with Gasteiger partial charge in [-0.1, -0.05) is 0 Å². The molecule has 0 heterocycles. The molecule has 13 heavy (non-hydrogen) atoms. The maximum Gasteiger partial charge on any atom is 0.291 e. The van der Waals surface area contributed by atoms with Gasteiger partial charge in [-0.15, -0.1) is 30.3 Å². The molecular formula is H3N3O9Pr. The maximum atomic E-state index is 8.36. The van der Waals surface area contributed by atoms with Crippen molar-refractivity contribution in [2.75, 3.05) is 0 Å². The molecule has 0 aliphatic rings. The molecule has 0 aromatic heterocycles. The minimum absolute atomic E-state index is 0. The van der Waals surface area contributed by atoms with Crippen LogP contribution in [0.25, 0.3) is 0 Å². The van der Waals surface area contributed by atoms with Crippen LogP contribution < -0.4 is 0 Å². The Labute approximate surface area is 102 Å². The van der Waals surface area contributed by atoms with Crippen LogP contribution in [0.1, 0.15) is 0 Å². The molecule has 0 atom stereocenters. The summed E-state index contributed by atoms with van der Waals surface area (Å²) in [5.74, 6) is 0. The molecular weight excluding hydrogens is 327 g/mol. The van der Waals surface area contributed by atoms with Gasteiger partial charge in [0.05, 0.1) is 0 Å². The van der Waals surface area contributed by atoms with Gasteiger partial charge in [-0.25, -0.2) is 0 Å². The Bertz CT molecular complexity index is 112. The first-order valence-corrected chi connectivity index (χ1v) is 1.70. The zero-order valence-corrected chi connectivity index (χ0v) is 9.41. The fourth-order valence-electron chi connectivity index (χ4n) is 0. The van der Waals surface area contributed by atoms with Crippen molar-refractivity contribution < 1.29 is 72.2 Å².